The molecule has 1 aliphatic heterocycles. The Balaban J connectivity index is 1.60. The zero-order valence-electron chi connectivity index (χ0n) is 11.4. The maximum absolute atomic E-state index is 12.2. The first-order valence-electron chi connectivity index (χ1n) is 6.64. The quantitative estimate of drug-likeness (QED) is 0.732. The Labute approximate surface area is 143 Å². The molecule has 0 aromatic carbocycles. The molecule has 3 heterocycles. The van der Waals surface area contributed by atoms with Crippen molar-refractivity contribution >= 4 is 43.7 Å². The summed E-state index contributed by atoms with van der Waals surface area (Å²) in [7, 11) is 0. The zero-order valence-corrected chi connectivity index (χ0v) is 14.6. The summed E-state index contributed by atoms with van der Waals surface area (Å²) in [6.07, 6.45) is 0. The van der Waals surface area contributed by atoms with Crippen LogP contribution in [0.1, 0.15) is 21.1 Å². The van der Waals surface area contributed by atoms with Crippen LogP contribution >= 0.6 is 31.9 Å². The van der Waals surface area contributed by atoms with Crippen LogP contribution in [0.4, 0.5) is 0 Å². The fourth-order valence-electron chi connectivity index (χ4n) is 2.28. The third-order valence-electron chi connectivity index (χ3n) is 3.42. The second-order valence-electron chi connectivity index (χ2n) is 4.79. The van der Waals surface area contributed by atoms with Gasteiger partial charge in [-0.05, 0) is 56.1 Å². The summed E-state index contributed by atoms with van der Waals surface area (Å²) in [6.45, 7) is 1.85. The van der Waals surface area contributed by atoms with Crippen LogP contribution in [0.3, 0.4) is 0 Å². The molecule has 1 fully saturated rings. The predicted molar refractivity (Wildman–Crippen MR) is 84.6 cm³/mol. The lowest BCUT2D eigenvalue weighted by atomic mass is 10.2. The molecule has 2 amide bonds. The molecule has 0 saturated carbocycles. The third-order valence-corrected chi connectivity index (χ3v) is 4.27. The third kappa shape index (κ3) is 3.12. The first-order valence-corrected chi connectivity index (χ1v) is 8.22. The Morgan fingerprint density at radius 3 is 1.41 bits per heavy atom. The molecule has 116 valence electrons. The van der Waals surface area contributed by atoms with E-state index in [0.717, 1.165) is 0 Å². The molecule has 2 aromatic heterocycles. The van der Waals surface area contributed by atoms with Crippen molar-refractivity contribution in [2.24, 2.45) is 0 Å². The highest BCUT2D eigenvalue weighted by Gasteiger charge is 2.28. The van der Waals surface area contributed by atoms with E-state index in [0.29, 0.717) is 47.0 Å². The number of rotatable bonds is 2. The Hall–Kier alpha value is -1.54. The van der Waals surface area contributed by atoms with Crippen LogP contribution < -0.4 is 0 Å². The second-order valence-corrected chi connectivity index (χ2v) is 6.36. The molecule has 1 aliphatic rings. The van der Waals surface area contributed by atoms with E-state index >= 15 is 0 Å². The van der Waals surface area contributed by atoms with Gasteiger partial charge in [-0.1, -0.05) is 0 Å². The van der Waals surface area contributed by atoms with Crippen LogP contribution in [0.15, 0.2) is 42.4 Å². The minimum atomic E-state index is -0.168. The van der Waals surface area contributed by atoms with Crippen molar-refractivity contribution in [3.8, 4) is 0 Å². The number of piperazine rings is 1. The molecule has 0 N–H and O–H groups in total. The molecule has 0 aliphatic carbocycles. The molecule has 0 spiro atoms. The highest BCUT2D eigenvalue weighted by Crippen LogP contribution is 2.19. The molecule has 0 unspecified atom stereocenters. The monoisotopic (exact) mass is 430 g/mol. The Morgan fingerprint density at radius 1 is 0.773 bits per heavy atom. The summed E-state index contributed by atoms with van der Waals surface area (Å²) in [5.74, 6) is 0.250. The maximum Gasteiger partial charge on any atom is 0.289 e. The van der Waals surface area contributed by atoms with Gasteiger partial charge >= 0.3 is 0 Å². The van der Waals surface area contributed by atoms with Crippen LogP contribution in [-0.4, -0.2) is 47.8 Å². The van der Waals surface area contributed by atoms with Crippen LogP contribution in [0, 0.1) is 0 Å². The van der Waals surface area contributed by atoms with Gasteiger partial charge in [-0.2, -0.15) is 0 Å². The number of carbonyl (C=O) groups is 2. The Morgan fingerprint density at radius 2 is 1.14 bits per heavy atom. The van der Waals surface area contributed by atoms with Crippen LogP contribution in [-0.2, 0) is 0 Å². The number of hydrogen-bond acceptors (Lipinski definition) is 4. The van der Waals surface area contributed by atoms with Gasteiger partial charge in [-0.25, -0.2) is 0 Å². The van der Waals surface area contributed by atoms with Crippen molar-refractivity contribution in [1.29, 1.82) is 0 Å². The van der Waals surface area contributed by atoms with E-state index in [-0.39, 0.29) is 11.8 Å². The van der Waals surface area contributed by atoms with Gasteiger partial charge in [0.15, 0.2) is 20.9 Å². The summed E-state index contributed by atoms with van der Waals surface area (Å²) in [5, 5.41) is 0. The van der Waals surface area contributed by atoms with Crippen molar-refractivity contribution < 1.29 is 18.4 Å². The molecular weight excluding hydrogens is 420 g/mol. The summed E-state index contributed by atoms with van der Waals surface area (Å²) in [4.78, 5) is 27.8. The van der Waals surface area contributed by atoms with Gasteiger partial charge in [-0.3, -0.25) is 9.59 Å². The molecule has 1 saturated heterocycles. The smallest absolute Gasteiger partial charge is 0.289 e. The Kier molecular flexibility index (Phi) is 4.39. The first kappa shape index (κ1) is 15.4. The normalized spacial score (nSPS) is 15.2. The average Bonchev–Trinajstić information content (AvgIpc) is 3.14. The maximum atomic E-state index is 12.2. The molecular formula is C14H12Br2N2O4. The van der Waals surface area contributed by atoms with Gasteiger partial charge in [0.2, 0.25) is 0 Å². The van der Waals surface area contributed by atoms with Crippen molar-refractivity contribution in [3.05, 3.63) is 45.1 Å². The van der Waals surface area contributed by atoms with Crippen molar-refractivity contribution in [1.82, 2.24) is 9.80 Å². The lowest BCUT2D eigenvalue weighted by Crippen LogP contribution is -2.50. The van der Waals surface area contributed by atoms with Gasteiger partial charge in [0.1, 0.15) is 0 Å². The van der Waals surface area contributed by atoms with Crippen molar-refractivity contribution in [2.75, 3.05) is 26.2 Å². The number of furan rings is 2. The lowest BCUT2D eigenvalue weighted by Gasteiger charge is -2.33. The van der Waals surface area contributed by atoms with E-state index < -0.39 is 0 Å². The minimum absolute atomic E-state index is 0.168. The van der Waals surface area contributed by atoms with Crippen molar-refractivity contribution in [3.63, 3.8) is 0 Å². The van der Waals surface area contributed by atoms with E-state index in [2.05, 4.69) is 31.9 Å². The summed E-state index contributed by atoms with van der Waals surface area (Å²) < 4.78 is 11.6. The molecule has 3 rings (SSSR count). The number of amides is 2. The van der Waals surface area contributed by atoms with E-state index in [1.807, 2.05) is 0 Å². The average molecular weight is 432 g/mol. The topological polar surface area (TPSA) is 66.9 Å². The number of halogens is 2. The van der Waals surface area contributed by atoms with Gasteiger partial charge < -0.3 is 18.6 Å². The molecule has 0 bridgehead atoms. The van der Waals surface area contributed by atoms with Gasteiger partial charge in [0.25, 0.3) is 11.8 Å². The fraction of sp³-hybridized carbons (Fsp3) is 0.286. The number of nitrogens with zero attached hydrogens (tertiary/aromatic N) is 2. The molecule has 8 heteroatoms. The predicted octanol–water partition coefficient (Wildman–Crippen LogP) is 3.00. The SMILES string of the molecule is O=C(c1ccc(Br)o1)N1CCN(C(=O)c2ccc(Br)o2)CC1. The molecule has 0 radical (unpaired) electrons. The molecule has 22 heavy (non-hydrogen) atoms. The highest BCUT2D eigenvalue weighted by molar-refractivity contribution is 9.10. The lowest BCUT2D eigenvalue weighted by molar-refractivity contribution is 0.0501. The standard InChI is InChI=1S/C14H12Br2N2O4/c15-11-3-1-9(21-11)13(19)17-5-7-18(8-6-17)14(20)10-2-4-12(16)22-10/h1-4H,5-8H2. The first-order chi connectivity index (χ1) is 10.5. The molecule has 6 nitrogen and oxygen atoms in total. The van der Waals surface area contributed by atoms with E-state index in [4.69, 9.17) is 8.83 Å². The van der Waals surface area contributed by atoms with Gasteiger partial charge in [-0.15, -0.1) is 0 Å². The molecule has 0 atom stereocenters. The summed E-state index contributed by atoms with van der Waals surface area (Å²) in [6, 6.07) is 6.62. The zero-order chi connectivity index (χ0) is 15.7. The van der Waals surface area contributed by atoms with E-state index in [9.17, 15) is 9.59 Å². The van der Waals surface area contributed by atoms with Crippen LogP contribution in [0.25, 0.3) is 0 Å². The fourth-order valence-corrected chi connectivity index (χ4v) is 2.90. The summed E-state index contributed by atoms with van der Waals surface area (Å²) >= 11 is 6.35. The van der Waals surface area contributed by atoms with Gasteiger partial charge in [0, 0.05) is 26.2 Å². The van der Waals surface area contributed by atoms with E-state index in [1.54, 1.807) is 34.1 Å². The second kappa shape index (κ2) is 6.29. The molecule has 2 aromatic rings. The highest BCUT2D eigenvalue weighted by atomic mass is 79.9. The number of carbonyl (C=O) groups excluding carboxylic acids is 2. The van der Waals surface area contributed by atoms with Crippen LogP contribution in [0.2, 0.25) is 0 Å². The Bertz CT molecular complexity index is 641. The van der Waals surface area contributed by atoms with E-state index in [1.165, 1.54) is 0 Å². The van der Waals surface area contributed by atoms with Crippen molar-refractivity contribution in [2.45, 2.75) is 0 Å². The summed E-state index contributed by atoms with van der Waals surface area (Å²) in [5.41, 5.74) is 0. The van der Waals surface area contributed by atoms with Gasteiger partial charge in [0.05, 0.1) is 0 Å². The number of hydrogen-bond donors (Lipinski definition) is 0. The minimum Gasteiger partial charge on any atom is -0.444 e. The van der Waals surface area contributed by atoms with Crippen LogP contribution in [0.5, 0.6) is 0 Å². The largest absolute Gasteiger partial charge is 0.444 e.